The highest BCUT2D eigenvalue weighted by molar-refractivity contribution is 5.69. The van der Waals surface area contributed by atoms with Crippen LogP contribution >= 0.6 is 0 Å². The van der Waals surface area contributed by atoms with Gasteiger partial charge >= 0.3 is 6.09 Å². The lowest BCUT2D eigenvalue weighted by molar-refractivity contribution is 0.0511. The zero-order chi connectivity index (χ0) is 16.5. The van der Waals surface area contributed by atoms with E-state index in [0.717, 1.165) is 11.1 Å². The minimum Gasteiger partial charge on any atom is -0.477 e. The summed E-state index contributed by atoms with van der Waals surface area (Å²) in [6, 6.07) is 1.66. The van der Waals surface area contributed by atoms with Crippen LogP contribution in [0, 0.1) is 16.7 Å². The predicted octanol–water partition coefficient (Wildman–Crippen LogP) is 3.63. The van der Waals surface area contributed by atoms with Crippen LogP contribution in [0.5, 0.6) is 5.88 Å². The van der Waals surface area contributed by atoms with Crippen molar-refractivity contribution in [3.63, 3.8) is 0 Å². The first kappa shape index (κ1) is 13.0. The van der Waals surface area contributed by atoms with E-state index in [2.05, 4.69) is 5.10 Å². The molecule has 1 aromatic rings. The van der Waals surface area contributed by atoms with Gasteiger partial charge in [-0.25, -0.2) is 4.79 Å². The molecule has 0 amide bonds. The number of rotatable bonds is 4. The van der Waals surface area contributed by atoms with Gasteiger partial charge in [-0.3, -0.25) is 0 Å². The van der Waals surface area contributed by atoms with Crippen molar-refractivity contribution >= 4 is 6.09 Å². The third kappa shape index (κ3) is 2.13. The van der Waals surface area contributed by atoms with E-state index in [1.165, 1.54) is 25.7 Å². The van der Waals surface area contributed by atoms with Gasteiger partial charge in [-0.05, 0) is 69.6 Å². The van der Waals surface area contributed by atoms with E-state index in [0.29, 0.717) is 23.3 Å². The van der Waals surface area contributed by atoms with Gasteiger partial charge < -0.3 is 9.47 Å². The number of hydrogen-bond donors (Lipinski definition) is 0. The Morgan fingerprint density at radius 2 is 2.05 bits per heavy atom. The molecule has 2 spiro atoms. The summed E-state index contributed by atoms with van der Waals surface area (Å²) in [6.07, 6.45) is 6.69. The molecular weight excluding hydrogens is 280 g/mol. The quantitative estimate of drug-likeness (QED) is 0.852. The smallest absolute Gasteiger partial charge is 0.435 e. The summed E-state index contributed by atoms with van der Waals surface area (Å²) >= 11 is 0. The fourth-order valence-corrected chi connectivity index (χ4v) is 4.06. The van der Waals surface area contributed by atoms with Crippen molar-refractivity contribution in [2.45, 2.75) is 58.5 Å². The Kier molecular flexibility index (Phi) is 2.52. The molecule has 1 aromatic heterocycles. The summed E-state index contributed by atoms with van der Waals surface area (Å²) in [7, 11) is 0. The molecule has 0 radical (unpaired) electrons. The van der Waals surface area contributed by atoms with E-state index in [1.807, 2.05) is 20.8 Å². The maximum Gasteiger partial charge on any atom is 0.435 e. The third-order valence-electron chi connectivity index (χ3n) is 5.26. The lowest BCUT2D eigenvalue weighted by Crippen LogP contribution is -2.27. The Hall–Kier alpha value is -1.52. The fraction of sp³-hybridized carbons (Fsp3) is 0.765. The lowest BCUT2D eigenvalue weighted by atomic mass is 10.2. The molecule has 3 aliphatic carbocycles. The van der Waals surface area contributed by atoms with Crippen LogP contribution in [0.25, 0.3) is 0 Å². The van der Waals surface area contributed by atoms with Crippen molar-refractivity contribution in [2.24, 2.45) is 16.7 Å². The minimum absolute atomic E-state index is 0.270. The van der Waals surface area contributed by atoms with Crippen molar-refractivity contribution < 1.29 is 15.6 Å². The van der Waals surface area contributed by atoms with Crippen LogP contribution in [0.4, 0.5) is 4.79 Å². The van der Waals surface area contributed by atoms with E-state index in [1.54, 1.807) is 12.3 Å². The van der Waals surface area contributed by atoms with Gasteiger partial charge in [0.1, 0.15) is 5.60 Å². The molecule has 0 aromatic carbocycles. The third-order valence-corrected chi connectivity index (χ3v) is 5.26. The molecule has 5 heteroatoms. The van der Waals surface area contributed by atoms with Crippen LogP contribution < -0.4 is 4.74 Å². The Morgan fingerprint density at radius 1 is 1.41 bits per heavy atom. The maximum atomic E-state index is 11.9. The topological polar surface area (TPSA) is 53.4 Å². The number of ether oxygens (including phenoxy) is 2. The van der Waals surface area contributed by atoms with E-state index in [9.17, 15) is 4.79 Å². The van der Waals surface area contributed by atoms with Gasteiger partial charge in [0.2, 0.25) is 5.88 Å². The van der Waals surface area contributed by atoms with Crippen molar-refractivity contribution in [1.29, 1.82) is 0 Å². The number of aromatic nitrogens is 2. The molecule has 0 aliphatic heterocycles. The number of fused-ring (bicyclic) bond motifs is 1. The van der Waals surface area contributed by atoms with Crippen LogP contribution in [0.2, 0.25) is 0 Å². The number of carbonyl (C=O) groups is 1. The molecule has 3 saturated carbocycles. The van der Waals surface area contributed by atoms with Crippen LogP contribution in [-0.2, 0) is 4.74 Å². The molecule has 0 bridgehead atoms. The van der Waals surface area contributed by atoms with Crippen molar-refractivity contribution in [3.8, 4) is 5.88 Å². The predicted molar refractivity (Wildman–Crippen MR) is 80.8 cm³/mol. The number of carbonyl (C=O) groups excluding carboxylic acids is 1. The molecule has 0 saturated heterocycles. The van der Waals surface area contributed by atoms with E-state index in [-0.39, 0.29) is 5.89 Å². The Labute approximate surface area is 132 Å². The second-order valence-electron chi connectivity index (χ2n) is 7.82. The van der Waals surface area contributed by atoms with Crippen molar-refractivity contribution in [1.82, 2.24) is 9.78 Å². The summed E-state index contributed by atoms with van der Waals surface area (Å²) < 4.78 is 20.8. The first-order valence-corrected chi connectivity index (χ1v) is 8.15. The van der Waals surface area contributed by atoms with Crippen LogP contribution in [-0.4, -0.2) is 28.1 Å². The zero-order valence-electron chi connectivity index (χ0n) is 14.5. The monoisotopic (exact) mass is 305 g/mol. The Balaban J connectivity index is 1.30. The Bertz CT molecular complexity index is 635. The largest absolute Gasteiger partial charge is 0.477 e. The summed E-state index contributed by atoms with van der Waals surface area (Å²) in [5, 5.41) is 4.10. The molecule has 120 valence electrons. The normalized spacial score (nSPS) is 25.7. The zero-order valence-corrected chi connectivity index (χ0v) is 13.5. The van der Waals surface area contributed by atoms with Gasteiger partial charge in [0.25, 0.3) is 0 Å². The molecule has 4 rings (SSSR count). The number of hydrogen-bond acceptors (Lipinski definition) is 4. The molecule has 0 unspecified atom stereocenters. The highest BCUT2D eigenvalue weighted by Crippen LogP contribution is 2.93. The first-order valence-electron chi connectivity index (χ1n) is 8.65. The summed E-state index contributed by atoms with van der Waals surface area (Å²) in [4.78, 5) is 11.9. The average Bonchev–Trinajstić information content (AvgIpc) is 3.35. The highest BCUT2D eigenvalue weighted by atomic mass is 16.6. The van der Waals surface area contributed by atoms with Crippen LogP contribution in [0.3, 0.4) is 0 Å². The first-order chi connectivity index (χ1) is 10.7. The van der Waals surface area contributed by atoms with Gasteiger partial charge in [0.05, 0.1) is 6.61 Å². The molecule has 22 heavy (non-hydrogen) atoms. The summed E-state index contributed by atoms with van der Waals surface area (Å²) in [5.74, 6) is 0.142. The molecule has 0 atom stereocenters. The minimum atomic E-state index is -0.551. The maximum absolute atomic E-state index is 11.9. The lowest BCUT2D eigenvalue weighted by Gasteiger charge is -2.18. The SMILES string of the molecule is [2H]C1(CCOc2ccn(C(=O)OC(C)(C)C)n2)C2(CC2)C12CC2. The van der Waals surface area contributed by atoms with E-state index >= 15 is 0 Å². The fourth-order valence-electron chi connectivity index (χ4n) is 4.06. The molecule has 5 nitrogen and oxygen atoms in total. The van der Waals surface area contributed by atoms with Gasteiger partial charge in [-0.1, -0.05) is 0 Å². The second-order valence-corrected chi connectivity index (χ2v) is 7.82. The van der Waals surface area contributed by atoms with E-state index < -0.39 is 11.7 Å². The van der Waals surface area contributed by atoms with Gasteiger partial charge in [0.15, 0.2) is 0 Å². The van der Waals surface area contributed by atoms with Crippen LogP contribution in [0.1, 0.15) is 54.2 Å². The Morgan fingerprint density at radius 3 is 2.59 bits per heavy atom. The van der Waals surface area contributed by atoms with Gasteiger partial charge in [-0.2, -0.15) is 4.68 Å². The van der Waals surface area contributed by atoms with Crippen LogP contribution in [0.15, 0.2) is 12.3 Å². The molecule has 3 fully saturated rings. The summed E-state index contributed by atoms with van der Waals surface area (Å²) in [5.41, 5.74) is 0.114. The molecule has 1 heterocycles. The second kappa shape index (κ2) is 4.27. The average molecular weight is 305 g/mol. The van der Waals surface area contributed by atoms with Crippen molar-refractivity contribution in [3.05, 3.63) is 12.3 Å². The van der Waals surface area contributed by atoms with Gasteiger partial charge in [-0.15, -0.1) is 5.10 Å². The molecule has 0 N–H and O–H groups in total. The highest BCUT2D eigenvalue weighted by Gasteiger charge is 2.85. The molecule has 3 aliphatic rings. The van der Waals surface area contributed by atoms with Gasteiger partial charge in [0, 0.05) is 13.6 Å². The van der Waals surface area contributed by atoms with E-state index in [4.69, 9.17) is 10.8 Å². The molecular formula is C17H24N2O3. The van der Waals surface area contributed by atoms with Crippen molar-refractivity contribution in [2.75, 3.05) is 6.61 Å². The number of nitrogens with zero attached hydrogens (tertiary/aromatic N) is 2. The standard InChI is InChI=1S/C17H24N2O3/c1-15(2,3)22-14(20)19-10-4-13(18-19)21-11-5-12-16(6-7-16)17(12)8-9-17/h4,10,12H,5-9,11H2,1-3H3/i12D. The summed E-state index contributed by atoms with van der Waals surface area (Å²) in [6.45, 7) is 5.93.